The van der Waals surface area contributed by atoms with Crippen LogP contribution in [0, 0.1) is 5.92 Å². The molecule has 2 nitrogen and oxygen atoms in total. The number of rotatable bonds is 4. The second-order valence-corrected chi connectivity index (χ2v) is 5.23. The Hall–Kier alpha value is -0.730. The minimum absolute atomic E-state index is 0.00436. The fourth-order valence-corrected chi connectivity index (χ4v) is 2.26. The first kappa shape index (κ1) is 11.7. The van der Waals surface area contributed by atoms with Crippen molar-refractivity contribution in [3.05, 3.63) is 28.8 Å². The number of nitrogens with zero attached hydrogens (tertiary/aromatic N) is 1. The van der Waals surface area contributed by atoms with Gasteiger partial charge in [-0.2, -0.15) is 0 Å². The Kier molecular flexibility index (Phi) is 3.41. The van der Waals surface area contributed by atoms with Gasteiger partial charge >= 0.3 is 0 Å². The van der Waals surface area contributed by atoms with Crippen molar-refractivity contribution in [3.63, 3.8) is 0 Å². The van der Waals surface area contributed by atoms with Gasteiger partial charge in [-0.05, 0) is 43.4 Å². The monoisotopic (exact) mass is 238 g/mol. The van der Waals surface area contributed by atoms with Crippen molar-refractivity contribution in [2.24, 2.45) is 11.7 Å². The highest BCUT2D eigenvalue weighted by Crippen LogP contribution is 2.32. The minimum Gasteiger partial charge on any atom is -0.374 e. The first-order chi connectivity index (χ1) is 7.58. The van der Waals surface area contributed by atoms with Crippen LogP contribution in [0.25, 0.3) is 0 Å². The molecular weight excluding hydrogens is 220 g/mol. The molecule has 0 aliphatic heterocycles. The van der Waals surface area contributed by atoms with Crippen LogP contribution in [0.1, 0.15) is 31.4 Å². The lowest BCUT2D eigenvalue weighted by atomic mass is 10.1. The van der Waals surface area contributed by atoms with Gasteiger partial charge in [-0.25, -0.2) is 0 Å². The second kappa shape index (κ2) is 4.64. The van der Waals surface area contributed by atoms with E-state index in [0.29, 0.717) is 0 Å². The molecule has 3 heteroatoms. The summed E-state index contributed by atoms with van der Waals surface area (Å²) in [6, 6.07) is 6.15. The third kappa shape index (κ3) is 2.69. The van der Waals surface area contributed by atoms with Gasteiger partial charge < -0.3 is 10.6 Å². The standard InChI is InChI=1S/C13H19ClN2/c1-9(15)12-6-5-11(7-13(12)14)16(2)8-10-3-4-10/h5-7,9-10H,3-4,8,15H2,1-2H3. The van der Waals surface area contributed by atoms with E-state index in [2.05, 4.69) is 18.0 Å². The molecule has 1 aromatic rings. The quantitative estimate of drug-likeness (QED) is 0.873. The van der Waals surface area contributed by atoms with Gasteiger partial charge in [-0.1, -0.05) is 17.7 Å². The molecule has 0 heterocycles. The summed E-state index contributed by atoms with van der Waals surface area (Å²) in [6.07, 6.45) is 2.74. The maximum Gasteiger partial charge on any atom is 0.0474 e. The lowest BCUT2D eigenvalue weighted by Gasteiger charge is -2.20. The molecule has 2 N–H and O–H groups in total. The predicted molar refractivity (Wildman–Crippen MR) is 70.0 cm³/mol. The molecule has 1 aromatic carbocycles. The van der Waals surface area contributed by atoms with Gasteiger partial charge in [0.2, 0.25) is 0 Å². The van der Waals surface area contributed by atoms with Crippen LogP contribution >= 0.6 is 11.6 Å². The average molecular weight is 239 g/mol. The van der Waals surface area contributed by atoms with E-state index in [-0.39, 0.29) is 6.04 Å². The highest BCUT2D eigenvalue weighted by molar-refractivity contribution is 6.31. The van der Waals surface area contributed by atoms with Crippen molar-refractivity contribution in [1.29, 1.82) is 0 Å². The minimum atomic E-state index is -0.00436. The summed E-state index contributed by atoms with van der Waals surface area (Å²) in [5.74, 6) is 0.886. The fraction of sp³-hybridized carbons (Fsp3) is 0.538. The van der Waals surface area contributed by atoms with Crippen LogP contribution in [0.2, 0.25) is 5.02 Å². The van der Waals surface area contributed by atoms with E-state index in [1.807, 2.05) is 19.1 Å². The third-order valence-electron chi connectivity index (χ3n) is 3.14. The van der Waals surface area contributed by atoms with E-state index in [1.165, 1.54) is 18.5 Å². The van der Waals surface area contributed by atoms with Crippen LogP contribution in [0.3, 0.4) is 0 Å². The molecule has 0 bridgehead atoms. The lowest BCUT2D eigenvalue weighted by Crippen LogP contribution is -2.20. The molecule has 1 aliphatic rings. The van der Waals surface area contributed by atoms with Gasteiger partial charge in [0.05, 0.1) is 0 Å². The molecule has 1 aliphatic carbocycles. The van der Waals surface area contributed by atoms with E-state index in [4.69, 9.17) is 17.3 Å². The number of halogens is 1. The highest BCUT2D eigenvalue weighted by atomic mass is 35.5. The average Bonchev–Trinajstić information content (AvgIpc) is 3.00. The Morgan fingerprint density at radius 1 is 1.50 bits per heavy atom. The van der Waals surface area contributed by atoms with Gasteiger partial charge in [0, 0.05) is 30.3 Å². The molecule has 88 valence electrons. The number of benzene rings is 1. The van der Waals surface area contributed by atoms with Crippen molar-refractivity contribution in [3.8, 4) is 0 Å². The summed E-state index contributed by atoms with van der Waals surface area (Å²) in [6.45, 7) is 3.09. The fourth-order valence-electron chi connectivity index (χ4n) is 1.92. The molecule has 1 unspecified atom stereocenters. The number of hydrogen-bond donors (Lipinski definition) is 1. The van der Waals surface area contributed by atoms with Crippen LogP contribution in [0.15, 0.2) is 18.2 Å². The van der Waals surface area contributed by atoms with Gasteiger partial charge in [0.1, 0.15) is 0 Å². The van der Waals surface area contributed by atoms with Gasteiger partial charge in [-0.3, -0.25) is 0 Å². The zero-order valence-electron chi connectivity index (χ0n) is 9.91. The Balaban J connectivity index is 2.12. The molecule has 0 amide bonds. The number of hydrogen-bond acceptors (Lipinski definition) is 2. The maximum absolute atomic E-state index is 6.21. The number of nitrogens with two attached hydrogens (primary N) is 1. The zero-order chi connectivity index (χ0) is 11.7. The Bertz CT molecular complexity index is 372. The molecule has 1 fully saturated rings. The maximum atomic E-state index is 6.21. The largest absolute Gasteiger partial charge is 0.374 e. The normalized spacial score (nSPS) is 17.2. The molecular formula is C13H19ClN2. The molecule has 0 saturated heterocycles. The van der Waals surface area contributed by atoms with E-state index in [9.17, 15) is 0 Å². The SMILES string of the molecule is CC(N)c1ccc(N(C)CC2CC2)cc1Cl. The summed E-state index contributed by atoms with van der Waals surface area (Å²) >= 11 is 6.21. The highest BCUT2D eigenvalue weighted by Gasteiger charge is 2.23. The number of anilines is 1. The smallest absolute Gasteiger partial charge is 0.0474 e. The first-order valence-electron chi connectivity index (χ1n) is 5.84. The third-order valence-corrected chi connectivity index (χ3v) is 3.47. The Labute approximate surface area is 102 Å². The van der Waals surface area contributed by atoms with Gasteiger partial charge in [0.25, 0.3) is 0 Å². The molecule has 16 heavy (non-hydrogen) atoms. The molecule has 0 spiro atoms. The summed E-state index contributed by atoms with van der Waals surface area (Å²) in [5.41, 5.74) is 8.03. The molecule has 0 radical (unpaired) electrons. The summed E-state index contributed by atoms with van der Waals surface area (Å²) in [5, 5.41) is 0.773. The lowest BCUT2D eigenvalue weighted by molar-refractivity contribution is 0.784. The van der Waals surface area contributed by atoms with E-state index >= 15 is 0 Å². The van der Waals surface area contributed by atoms with E-state index in [1.54, 1.807) is 0 Å². The van der Waals surface area contributed by atoms with Crippen LogP contribution in [0.5, 0.6) is 0 Å². The van der Waals surface area contributed by atoms with Crippen molar-refractivity contribution in [2.45, 2.75) is 25.8 Å². The van der Waals surface area contributed by atoms with Crippen LogP contribution < -0.4 is 10.6 Å². The Morgan fingerprint density at radius 3 is 2.69 bits per heavy atom. The van der Waals surface area contributed by atoms with Crippen molar-refractivity contribution in [2.75, 3.05) is 18.5 Å². The van der Waals surface area contributed by atoms with E-state index in [0.717, 1.165) is 23.0 Å². The van der Waals surface area contributed by atoms with Crippen molar-refractivity contribution in [1.82, 2.24) is 0 Å². The zero-order valence-corrected chi connectivity index (χ0v) is 10.7. The predicted octanol–water partition coefficient (Wildman–Crippen LogP) is 3.21. The van der Waals surface area contributed by atoms with Crippen molar-refractivity contribution >= 4 is 17.3 Å². The van der Waals surface area contributed by atoms with Crippen LogP contribution in [-0.2, 0) is 0 Å². The second-order valence-electron chi connectivity index (χ2n) is 4.82. The van der Waals surface area contributed by atoms with Crippen LogP contribution in [-0.4, -0.2) is 13.6 Å². The summed E-state index contributed by atoms with van der Waals surface area (Å²) in [4.78, 5) is 2.27. The molecule has 1 saturated carbocycles. The summed E-state index contributed by atoms with van der Waals surface area (Å²) in [7, 11) is 2.12. The molecule has 0 aromatic heterocycles. The molecule has 2 rings (SSSR count). The topological polar surface area (TPSA) is 29.3 Å². The summed E-state index contributed by atoms with van der Waals surface area (Å²) < 4.78 is 0. The van der Waals surface area contributed by atoms with Crippen LogP contribution in [0.4, 0.5) is 5.69 Å². The Morgan fingerprint density at radius 2 is 2.19 bits per heavy atom. The van der Waals surface area contributed by atoms with Gasteiger partial charge in [-0.15, -0.1) is 0 Å². The van der Waals surface area contributed by atoms with E-state index < -0.39 is 0 Å². The van der Waals surface area contributed by atoms with Crippen molar-refractivity contribution < 1.29 is 0 Å². The van der Waals surface area contributed by atoms with Gasteiger partial charge in [0.15, 0.2) is 0 Å². The first-order valence-corrected chi connectivity index (χ1v) is 6.22. The molecule has 1 atom stereocenters.